The summed E-state index contributed by atoms with van der Waals surface area (Å²) in [6, 6.07) is 17.7. The van der Waals surface area contributed by atoms with Crippen LogP contribution < -0.4 is 4.72 Å². The predicted octanol–water partition coefficient (Wildman–Crippen LogP) is 3.04. The van der Waals surface area contributed by atoms with E-state index in [1.165, 1.54) is 0 Å². The van der Waals surface area contributed by atoms with Gasteiger partial charge in [0.15, 0.2) is 0 Å². The highest BCUT2D eigenvalue weighted by molar-refractivity contribution is 7.93. The van der Waals surface area contributed by atoms with Crippen LogP contribution in [0, 0.1) is 0 Å². The molecule has 0 unspecified atom stereocenters. The second-order valence-electron chi connectivity index (χ2n) is 4.30. The fraction of sp³-hybridized carbons (Fsp3) is 0. The first-order valence-corrected chi connectivity index (χ1v) is 7.57. The average Bonchev–Trinajstić information content (AvgIpc) is 2.47. The van der Waals surface area contributed by atoms with Crippen molar-refractivity contribution in [2.75, 3.05) is 4.72 Å². The van der Waals surface area contributed by atoms with Crippen LogP contribution in [-0.4, -0.2) is 13.4 Å². The largest absolute Gasteiger partial charge is 0.263 e. The SMILES string of the molecule is O=S(=O)(Nc1ccccn1)c1cccc2ccccc12. The van der Waals surface area contributed by atoms with Crippen LogP contribution in [0.2, 0.25) is 0 Å². The van der Waals surface area contributed by atoms with E-state index in [1.807, 2.05) is 24.3 Å². The Bertz CT molecular complexity index is 841. The number of hydrogen-bond donors (Lipinski definition) is 1. The van der Waals surface area contributed by atoms with Crippen molar-refractivity contribution in [1.29, 1.82) is 0 Å². The predicted molar refractivity (Wildman–Crippen MR) is 79.0 cm³/mol. The molecule has 3 aromatic rings. The molecule has 1 N–H and O–H groups in total. The van der Waals surface area contributed by atoms with E-state index >= 15 is 0 Å². The second-order valence-corrected chi connectivity index (χ2v) is 5.95. The topological polar surface area (TPSA) is 59.1 Å². The van der Waals surface area contributed by atoms with Crippen LogP contribution in [0.1, 0.15) is 0 Å². The Balaban J connectivity index is 2.10. The number of pyridine rings is 1. The van der Waals surface area contributed by atoms with E-state index in [-0.39, 0.29) is 4.90 Å². The first-order valence-electron chi connectivity index (χ1n) is 6.08. The zero-order valence-electron chi connectivity index (χ0n) is 10.5. The van der Waals surface area contributed by atoms with Crippen molar-refractivity contribution >= 4 is 26.6 Å². The fourth-order valence-corrected chi connectivity index (χ4v) is 3.28. The number of nitrogens with one attached hydrogen (secondary N) is 1. The zero-order chi connectivity index (χ0) is 14.0. The van der Waals surface area contributed by atoms with Crippen LogP contribution in [0.25, 0.3) is 10.8 Å². The highest BCUT2D eigenvalue weighted by Gasteiger charge is 2.17. The molecule has 0 spiro atoms. The number of aromatic nitrogens is 1. The molecule has 1 heterocycles. The Morgan fingerprint density at radius 3 is 2.40 bits per heavy atom. The van der Waals surface area contributed by atoms with Gasteiger partial charge in [-0.15, -0.1) is 0 Å². The molecule has 0 aliphatic heterocycles. The molecule has 100 valence electrons. The van der Waals surface area contributed by atoms with Gasteiger partial charge in [-0.05, 0) is 23.6 Å². The van der Waals surface area contributed by atoms with Gasteiger partial charge in [0.05, 0.1) is 4.90 Å². The summed E-state index contributed by atoms with van der Waals surface area (Å²) in [6.07, 6.45) is 1.54. The summed E-state index contributed by atoms with van der Waals surface area (Å²) in [5, 5.41) is 1.58. The van der Waals surface area contributed by atoms with Crippen molar-refractivity contribution in [1.82, 2.24) is 4.98 Å². The lowest BCUT2D eigenvalue weighted by atomic mass is 10.1. The third-order valence-corrected chi connectivity index (χ3v) is 4.36. The van der Waals surface area contributed by atoms with E-state index in [9.17, 15) is 8.42 Å². The molecule has 0 aliphatic rings. The lowest BCUT2D eigenvalue weighted by molar-refractivity contribution is 0.602. The maximum atomic E-state index is 12.5. The zero-order valence-corrected chi connectivity index (χ0v) is 11.3. The van der Waals surface area contributed by atoms with E-state index in [0.717, 1.165) is 5.39 Å². The molecule has 0 saturated heterocycles. The van der Waals surface area contributed by atoms with Gasteiger partial charge < -0.3 is 0 Å². The van der Waals surface area contributed by atoms with Gasteiger partial charge in [-0.2, -0.15) is 0 Å². The van der Waals surface area contributed by atoms with Gasteiger partial charge in [0.25, 0.3) is 10.0 Å². The highest BCUT2D eigenvalue weighted by atomic mass is 32.2. The van der Waals surface area contributed by atoms with Crippen LogP contribution in [0.3, 0.4) is 0 Å². The van der Waals surface area contributed by atoms with E-state index < -0.39 is 10.0 Å². The first-order chi connectivity index (χ1) is 9.67. The number of nitrogens with zero attached hydrogens (tertiary/aromatic N) is 1. The normalized spacial score (nSPS) is 11.4. The molecular formula is C15H12N2O2S. The highest BCUT2D eigenvalue weighted by Crippen LogP contribution is 2.24. The summed E-state index contributed by atoms with van der Waals surface area (Å²) in [5.41, 5.74) is 0. The standard InChI is InChI=1S/C15H12N2O2S/c18-20(19,17-15-10-3-4-11-16-15)14-9-5-7-12-6-1-2-8-13(12)14/h1-11H,(H,16,17). The van der Waals surface area contributed by atoms with Crippen molar-refractivity contribution in [3.8, 4) is 0 Å². The number of hydrogen-bond acceptors (Lipinski definition) is 3. The Morgan fingerprint density at radius 1 is 0.850 bits per heavy atom. The summed E-state index contributed by atoms with van der Waals surface area (Å²) in [4.78, 5) is 4.23. The fourth-order valence-electron chi connectivity index (χ4n) is 2.05. The first kappa shape index (κ1) is 12.6. The Labute approximate surface area is 117 Å². The third kappa shape index (κ3) is 2.35. The van der Waals surface area contributed by atoms with Crippen LogP contribution in [0.4, 0.5) is 5.82 Å². The number of rotatable bonds is 3. The maximum absolute atomic E-state index is 12.5. The van der Waals surface area contributed by atoms with Gasteiger partial charge in [0.1, 0.15) is 5.82 Å². The summed E-state index contributed by atoms with van der Waals surface area (Å²) < 4.78 is 27.4. The molecule has 3 rings (SSSR count). The lowest BCUT2D eigenvalue weighted by Crippen LogP contribution is -2.14. The average molecular weight is 284 g/mol. The van der Waals surface area contributed by atoms with Gasteiger partial charge in [0.2, 0.25) is 0 Å². The van der Waals surface area contributed by atoms with Gasteiger partial charge >= 0.3 is 0 Å². The molecule has 0 radical (unpaired) electrons. The Hall–Kier alpha value is -2.40. The third-order valence-electron chi connectivity index (χ3n) is 2.94. The minimum atomic E-state index is -3.65. The Morgan fingerprint density at radius 2 is 1.60 bits per heavy atom. The van der Waals surface area contributed by atoms with E-state index in [1.54, 1.807) is 42.6 Å². The minimum absolute atomic E-state index is 0.251. The molecule has 0 bridgehead atoms. The molecule has 5 heteroatoms. The Kier molecular flexibility index (Phi) is 3.12. The number of anilines is 1. The van der Waals surface area contributed by atoms with Crippen molar-refractivity contribution in [3.05, 3.63) is 66.9 Å². The molecule has 0 amide bonds. The minimum Gasteiger partial charge on any atom is -0.263 e. The summed E-state index contributed by atoms with van der Waals surface area (Å²) in [7, 11) is -3.65. The smallest absolute Gasteiger partial charge is 0.263 e. The lowest BCUT2D eigenvalue weighted by Gasteiger charge is -2.09. The van der Waals surface area contributed by atoms with Crippen molar-refractivity contribution in [2.45, 2.75) is 4.90 Å². The van der Waals surface area contributed by atoms with E-state index in [2.05, 4.69) is 9.71 Å². The van der Waals surface area contributed by atoms with E-state index in [0.29, 0.717) is 11.2 Å². The van der Waals surface area contributed by atoms with Crippen molar-refractivity contribution in [3.63, 3.8) is 0 Å². The molecule has 4 nitrogen and oxygen atoms in total. The summed E-state index contributed by atoms with van der Waals surface area (Å²) >= 11 is 0. The summed E-state index contributed by atoms with van der Waals surface area (Å²) in [6.45, 7) is 0. The van der Waals surface area contributed by atoms with Gasteiger partial charge in [-0.3, -0.25) is 4.72 Å². The van der Waals surface area contributed by atoms with E-state index in [4.69, 9.17) is 0 Å². The number of benzene rings is 2. The van der Waals surface area contributed by atoms with Crippen molar-refractivity contribution in [2.24, 2.45) is 0 Å². The monoisotopic (exact) mass is 284 g/mol. The number of fused-ring (bicyclic) bond motifs is 1. The molecule has 0 aliphatic carbocycles. The molecule has 0 fully saturated rings. The van der Waals surface area contributed by atoms with Crippen LogP contribution >= 0.6 is 0 Å². The molecule has 0 atom stereocenters. The van der Waals surface area contributed by atoms with Crippen LogP contribution in [0.5, 0.6) is 0 Å². The summed E-state index contributed by atoms with van der Waals surface area (Å²) in [5.74, 6) is 0.306. The van der Waals surface area contributed by atoms with Crippen molar-refractivity contribution < 1.29 is 8.42 Å². The van der Waals surface area contributed by atoms with Gasteiger partial charge in [0, 0.05) is 11.6 Å². The quantitative estimate of drug-likeness (QED) is 0.804. The molecular weight excluding hydrogens is 272 g/mol. The molecule has 20 heavy (non-hydrogen) atoms. The van der Waals surface area contributed by atoms with Crippen LogP contribution in [-0.2, 0) is 10.0 Å². The van der Waals surface area contributed by atoms with Gasteiger partial charge in [-0.1, -0.05) is 42.5 Å². The maximum Gasteiger partial charge on any atom is 0.263 e. The number of sulfonamides is 1. The molecule has 2 aromatic carbocycles. The van der Waals surface area contributed by atoms with Crippen LogP contribution in [0.15, 0.2) is 71.8 Å². The molecule has 0 saturated carbocycles. The van der Waals surface area contributed by atoms with Gasteiger partial charge in [-0.25, -0.2) is 13.4 Å². The molecule has 1 aromatic heterocycles. The second kappa shape index (κ2) is 4.94.